The molecule has 5 nitrogen and oxygen atoms in total. The summed E-state index contributed by atoms with van der Waals surface area (Å²) < 4.78 is 1.78. The second kappa shape index (κ2) is 3.80. The molecule has 2 atom stereocenters. The van der Waals surface area contributed by atoms with Crippen LogP contribution < -0.4 is 10.6 Å². The fourth-order valence-corrected chi connectivity index (χ4v) is 2.30. The predicted octanol–water partition coefficient (Wildman–Crippen LogP) is 0.384. The number of hydrogen-bond donors (Lipinski definition) is 1. The number of nitrogens with two attached hydrogens (primary N) is 1. The number of nitriles is 1. The van der Waals surface area contributed by atoms with Gasteiger partial charge in [0.15, 0.2) is 0 Å². The molecule has 0 spiro atoms. The molecular weight excluding hydrogens is 202 g/mol. The van der Waals surface area contributed by atoms with E-state index in [2.05, 4.69) is 23.0 Å². The van der Waals surface area contributed by atoms with Crippen LogP contribution >= 0.6 is 0 Å². The summed E-state index contributed by atoms with van der Waals surface area (Å²) >= 11 is 0. The number of aromatic nitrogens is 2. The van der Waals surface area contributed by atoms with Crippen molar-refractivity contribution in [3.05, 3.63) is 11.3 Å². The van der Waals surface area contributed by atoms with Crippen LogP contribution in [0.15, 0.2) is 0 Å². The molecule has 1 aliphatic rings. The lowest BCUT2D eigenvalue weighted by molar-refractivity contribution is 0.565. The van der Waals surface area contributed by atoms with Gasteiger partial charge in [0.2, 0.25) is 0 Å². The minimum absolute atomic E-state index is 0.182. The van der Waals surface area contributed by atoms with E-state index in [1.807, 2.05) is 14.0 Å². The summed E-state index contributed by atoms with van der Waals surface area (Å²) in [5, 5.41) is 13.4. The van der Waals surface area contributed by atoms with E-state index in [1.165, 1.54) is 0 Å². The Morgan fingerprint density at radius 3 is 2.69 bits per heavy atom. The zero-order valence-electron chi connectivity index (χ0n) is 9.94. The maximum absolute atomic E-state index is 9.14. The molecule has 2 rings (SSSR count). The number of hydrogen-bond acceptors (Lipinski definition) is 4. The van der Waals surface area contributed by atoms with Gasteiger partial charge in [-0.1, -0.05) is 6.92 Å². The third kappa shape index (κ3) is 1.55. The van der Waals surface area contributed by atoms with Crippen LogP contribution in [0.2, 0.25) is 0 Å². The monoisotopic (exact) mass is 219 g/mol. The minimum Gasteiger partial charge on any atom is -0.354 e. The van der Waals surface area contributed by atoms with Crippen LogP contribution in [0.4, 0.5) is 5.82 Å². The highest BCUT2D eigenvalue weighted by molar-refractivity contribution is 5.57. The zero-order chi connectivity index (χ0) is 11.9. The fourth-order valence-electron chi connectivity index (χ4n) is 2.30. The Balaban J connectivity index is 2.38. The van der Waals surface area contributed by atoms with Gasteiger partial charge < -0.3 is 10.6 Å². The summed E-state index contributed by atoms with van der Waals surface area (Å²) in [6, 6.07) is 2.41. The van der Waals surface area contributed by atoms with E-state index in [0.29, 0.717) is 11.5 Å². The highest BCUT2D eigenvalue weighted by Gasteiger charge is 2.30. The van der Waals surface area contributed by atoms with Crippen molar-refractivity contribution in [2.75, 3.05) is 18.0 Å². The summed E-state index contributed by atoms with van der Waals surface area (Å²) in [5.41, 5.74) is 7.46. The molecule has 2 unspecified atom stereocenters. The number of aryl methyl sites for hydroxylation is 2. The van der Waals surface area contributed by atoms with Crippen molar-refractivity contribution in [2.45, 2.75) is 19.9 Å². The molecule has 1 fully saturated rings. The molecule has 0 radical (unpaired) electrons. The Bertz CT molecular complexity index is 432. The number of nitrogens with zero attached hydrogens (tertiary/aromatic N) is 4. The van der Waals surface area contributed by atoms with Gasteiger partial charge in [0, 0.05) is 26.2 Å². The Labute approximate surface area is 95.4 Å². The van der Waals surface area contributed by atoms with Crippen molar-refractivity contribution < 1.29 is 0 Å². The lowest BCUT2D eigenvalue weighted by Gasteiger charge is -2.18. The molecule has 0 amide bonds. The molecule has 1 saturated heterocycles. The standard InChI is InChI=1S/C11H17N5/c1-7-5-16(6-10(7)13)11-9(4-12)8(2)14-15(11)3/h7,10H,5-6,13H2,1-3H3. The molecule has 2 heterocycles. The molecular formula is C11H17N5. The second-order valence-corrected chi connectivity index (χ2v) is 4.57. The highest BCUT2D eigenvalue weighted by atomic mass is 15.4. The lowest BCUT2D eigenvalue weighted by atomic mass is 10.1. The average molecular weight is 219 g/mol. The molecule has 1 aromatic heterocycles. The Morgan fingerprint density at radius 2 is 2.19 bits per heavy atom. The van der Waals surface area contributed by atoms with Gasteiger partial charge in [0.05, 0.1) is 5.69 Å². The molecule has 0 aliphatic carbocycles. The molecule has 0 saturated carbocycles. The normalized spacial score (nSPS) is 24.8. The molecule has 1 aliphatic heterocycles. The molecule has 16 heavy (non-hydrogen) atoms. The summed E-state index contributed by atoms with van der Waals surface area (Å²) in [5.74, 6) is 1.36. The Morgan fingerprint density at radius 1 is 1.50 bits per heavy atom. The van der Waals surface area contributed by atoms with E-state index in [9.17, 15) is 0 Å². The van der Waals surface area contributed by atoms with Crippen LogP contribution in [0.3, 0.4) is 0 Å². The first-order chi connectivity index (χ1) is 7.54. The largest absolute Gasteiger partial charge is 0.354 e. The van der Waals surface area contributed by atoms with E-state index < -0.39 is 0 Å². The first-order valence-electron chi connectivity index (χ1n) is 5.48. The van der Waals surface area contributed by atoms with Crippen LogP contribution in [0, 0.1) is 24.2 Å². The van der Waals surface area contributed by atoms with E-state index in [1.54, 1.807) is 4.68 Å². The van der Waals surface area contributed by atoms with Gasteiger partial charge in [-0.05, 0) is 12.8 Å². The van der Waals surface area contributed by atoms with Crippen LogP contribution in [0.1, 0.15) is 18.2 Å². The van der Waals surface area contributed by atoms with Gasteiger partial charge >= 0.3 is 0 Å². The highest BCUT2D eigenvalue weighted by Crippen LogP contribution is 2.27. The minimum atomic E-state index is 0.182. The van der Waals surface area contributed by atoms with Crippen LogP contribution in [0.5, 0.6) is 0 Å². The van der Waals surface area contributed by atoms with Gasteiger partial charge in [0.25, 0.3) is 0 Å². The third-order valence-electron chi connectivity index (χ3n) is 3.27. The number of anilines is 1. The molecule has 1 aromatic rings. The smallest absolute Gasteiger partial charge is 0.145 e. The van der Waals surface area contributed by atoms with Gasteiger partial charge in [-0.25, -0.2) is 0 Å². The summed E-state index contributed by atoms with van der Waals surface area (Å²) in [7, 11) is 1.87. The molecule has 2 N–H and O–H groups in total. The molecule has 5 heteroatoms. The van der Waals surface area contributed by atoms with Crippen molar-refractivity contribution in [1.82, 2.24) is 9.78 Å². The van der Waals surface area contributed by atoms with E-state index in [0.717, 1.165) is 24.6 Å². The maximum atomic E-state index is 9.14. The van der Waals surface area contributed by atoms with Gasteiger partial charge in [0.1, 0.15) is 17.5 Å². The van der Waals surface area contributed by atoms with E-state index in [4.69, 9.17) is 11.0 Å². The van der Waals surface area contributed by atoms with Gasteiger partial charge in [-0.15, -0.1) is 0 Å². The van der Waals surface area contributed by atoms with Crippen LogP contribution in [0.25, 0.3) is 0 Å². The average Bonchev–Trinajstić information content (AvgIpc) is 2.67. The van der Waals surface area contributed by atoms with Gasteiger partial charge in [-0.2, -0.15) is 10.4 Å². The summed E-state index contributed by atoms with van der Waals surface area (Å²) in [4.78, 5) is 2.16. The zero-order valence-corrected chi connectivity index (χ0v) is 9.94. The molecule has 0 aromatic carbocycles. The SMILES string of the molecule is Cc1nn(C)c(N2CC(C)C(N)C2)c1C#N. The summed E-state index contributed by atoms with van der Waals surface area (Å²) in [6.07, 6.45) is 0. The quantitative estimate of drug-likeness (QED) is 0.741. The fraction of sp³-hybridized carbons (Fsp3) is 0.636. The predicted molar refractivity (Wildman–Crippen MR) is 62.0 cm³/mol. The molecule has 0 bridgehead atoms. The van der Waals surface area contributed by atoms with Crippen molar-refractivity contribution in [2.24, 2.45) is 18.7 Å². The Hall–Kier alpha value is -1.54. The van der Waals surface area contributed by atoms with Crippen molar-refractivity contribution >= 4 is 5.82 Å². The Kier molecular flexibility index (Phi) is 2.60. The lowest BCUT2D eigenvalue weighted by Crippen LogP contribution is -2.29. The van der Waals surface area contributed by atoms with Crippen LogP contribution in [-0.2, 0) is 7.05 Å². The summed E-state index contributed by atoms with van der Waals surface area (Å²) in [6.45, 7) is 5.70. The van der Waals surface area contributed by atoms with Crippen molar-refractivity contribution in [3.63, 3.8) is 0 Å². The van der Waals surface area contributed by atoms with Gasteiger partial charge in [-0.3, -0.25) is 4.68 Å². The van der Waals surface area contributed by atoms with Crippen LogP contribution in [-0.4, -0.2) is 28.9 Å². The first-order valence-corrected chi connectivity index (χ1v) is 5.48. The number of rotatable bonds is 1. The van der Waals surface area contributed by atoms with Crippen molar-refractivity contribution in [1.29, 1.82) is 5.26 Å². The first kappa shape index (κ1) is 11.0. The third-order valence-corrected chi connectivity index (χ3v) is 3.27. The molecule has 86 valence electrons. The topological polar surface area (TPSA) is 70.9 Å². The van der Waals surface area contributed by atoms with E-state index in [-0.39, 0.29) is 6.04 Å². The maximum Gasteiger partial charge on any atom is 0.145 e. The van der Waals surface area contributed by atoms with Crippen molar-refractivity contribution in [3.8, 4) is 6.07 Å². The second-order valence-electron chi connectivity index (χ2n) is 4.57. The van der Waals surface area contributed by atoms with E-state index >= 15 is 0 Å².